The SMILES string of the molecule is CCC[C@H](C)C([O])=O. The molecule has 0 aliphatic rings. The van der Waals surface area contributed by atoms with Crippen LogP contribution >= 0.6 is 0 Å². The van der Waals surface area contributed by atoms with Crippen LogP contribution in [-0.4, -0.2) is 5.97 Å². The van der Waals surface area contributed by atoms with E-state index < -0.39 is 5.97 Å². The summed E-state index contributed by atoms with van der Waals surface area (Å²) in [5.74, 6) is -1.22. The lowest BCUT2D eigenvalue weighted by Gasteiger charge is -1.97. The van der Waals surface area contributed by atoms with Gasteiger partial charge < -0.3 is 0 Å². The molecular formula is C6H11O2. The molecule has 1 radical (unpaired) electrons. The molecule has 0 amide bonds. The Hall–Kier alpha value is -0.530. The second-order valence-electron chi connectivity index (χ2n) is 2.01. The highest BCUT2D eigenvalue weighted by molar-refractivity contribution is 5.68. The molecule has 0 aliphatic carbocycles. The highest BCUT2D eigenvalue weighted by atomic mass is 16.4. The van der Waals surface area contributed by atoms with Gasteiger partial charge in [0.2, 0.25) is 0 Å². The fourth-order valence-corrected chi connectivity index (χ4v) is 0.551. The molecule has 2 heteroatoms. The van der Waals surface area contributed by atoms with Crippen LogP contribution in [0.25, 0.3) is 0 Å². The Morgan fingerprint density at radius 3 is 2.25 bits per heavy atom. The molecule has 47 valence electrons. The maximum atomic E-state index is 9.98. The Balaban J connectivity index is 3.32. The Morgan fingerprint density at radius 2 is 2.12 bits per heavy atom. The van der Waals surface area contributed by atoms with E-state index in [1.165, 1.54) is 0 Å². The third-order valence-electron chi connectivity index (χ3n) is 1.12. The highest BCUT2D eigenvalue weighted by Crippen LogP contribution is 2.03. The highest BCUT2D eigenvalue weighted by Gasteiger charge is 2.09. The lowest BCUT2D eigenvalue weighted by molar-refractivity contribution is -0.147. The van der Waals surface area contributed by atoms with Crippen molar-refractivity contribution < 1.29 is 9.90 Å². The maximum absolute atomic E-state index is 9.98. The molecule has 8 heavy (non-hydrogen) atoms. The number of carbonyl (C=O) groups excluding carboxylic acids is 1. The Labute approximate surface area is 49.5 Å². The molecule has 0 rings (SSSR count). The minimum absolute atomic E-state index is 0.278. The van der Waals surface area contributed by atoms with E-state index in [0.29, 0.717) is 0 Å². The van der Waals surface area contributed by atoms with Gasteiger partial charge in [0.15, 0.2) is 0 Å². The Kier molecular flexibility index (Phi) is 3.24. The van der Waals surface area contributed by atoms with E-state index in [1.807, 2.05) is 6.92 Å². The van der Waals surface area contributed by atoms with Gasteiger partial charge in [-0.3, -0.25) is 0 Å². The van der Waals surface area contributed by atoms with Crippen molar-refractivity contribution >= 4 is 5.97 Å². The molecule has 0 aromatic heterocycles. The van der Waals surface area contributed by atoms with Crippen molar-refractivity contribution in [1.29, 1.82) is 0 Å². The van der Waals surface area contributed by atoms with Crippen LogP contribution in [0.1, 0.15) is 26.7 Å². The minimum atomic E-state index is -0.938. The molecule has 0 saturated carbocycles. The second kappa shape index (κ2) is 3.47. The van der Waals surface area contributed by atoms with Gasteiger partial charge in [-0.05, 0) is 6.42 Å². The zero-order valence-corrected chi connectivity index (χ0v) is 5.31. The van der Waals surface area contributed by atoms with Crippen molar-refractivity contribution in [2.24, 2.45) is 5.92 Å². The van der Waals surface area contributed by atoms with Crippen molar-refractivity contribution in [1.82, 2.24) is 0 Å². The quantitative estimate of drug-likeness (QED) is 0.547. The molecular weight excluding hydrogens is 104 g/mol. The van der Waals surface area contributed by atoms with Gasteiger partial charge in [-0.1, -0.05) is 20.3 Å². The van der Waals surface area contributed by atoms with Crippen molar-refractivity contribution in [3.63, 3.8) is 0 Å². The van der Waals surface area contributed by atoms with Crippen LogP contribution in [0.15, 0.2) is 0 Å². The predicted octanol–water partition coefficient (Wildman–Crippen LogP) is 1.38. The van der Waals surface area contributed by atoms with E-state index in [9.17, 15) is 9.90 Å². The van der Waals surface area contributed by atoms with Crippen molar-refractivity contribution in [2.75, 3.05) is 0 Å². The normalized spacial score (nSPS) is 13.2. The first-order chi connectivity index (χ1) is 3.68. The maximum Gasteiger partial charge on any atom is 0.358 e. The molecule has 0 saturated heterocycles. The number of hydrogen-bond acceptors (Lipinski definition) is 1. The summed E-state index contributed by atoms with van der Waals surface area (Å²) in [4.78, 5) is 9.98. The first kappa shape index (κ1) is 7.47. The van der Waals surface area contributed by atoms with E-state index in [1.54, 1.807) is 6.92 Å². The van der Waals surface area contributed by atoms with Crippen LogP contribution in [0.2, 0.25) is 0 Å². The Morgan fingerprint density at radius 1 is 1.62 bits per heavy atom. The van der Waals surface area contributed by atoms with Gasteiger partial charge in [0.1, 0.15) is 0 Å². The average molecular weight is 115 g/mol. The molecule has 0 aromatic rings. The van der Waals surface area contributed by atoms with Gasteiger partial charge in [-0.25, -0.2) is 9.90 Å². The smallest absolute Gasteiger partial charge is 0.247 e. The van der Waals surface area contributed by atoms with Crippen LogP contribution in [-0.2, 0) is 9.90 Å². The molecule has 0 unspecified atom stereocenters. The van der Waals surface area contributed by atoms with Crippen LogP contribution in [0.4, 0.5) is 0 Å². The molecule has 2 nitrogen and oxygen atoms in total. The standard InChI is InChI=1S/C6H11O2/c1-3-4-5(2)6(7)8/h5H,3-4H2,1-2H3/t5-/m0/s1. The van der Waals surface area contributed by atoms with Crippen LogP contribution in [0.3, 0.4) is 0 Å². The summed E-state index contributed by atoms with van der Waals surface area (Å²) in [6.45, 7) is 3.62. The summed E-state index contributed by atoms with van der Waals surface area (Å²) < 4.78 is 0. The molecule has 0 aromatic carbocycles. The zero-order valence-electron chi connectivity index (χ0n) is 5.31. The van der Waals surface area contributed by atoms with Crippen LogP contribution in [0, 0.1) is 5.92 Å². The van der Waals surface area contributed by atoms with Crippen molar-refractivity contribution in [3.05, 3.63) is 0 Å². The van der Waals surface area contributed by atoms with Gasteiger partial charge in [0.25, 0.3) is 0 Å². The second-order valence-corrected chi connectivity index (χ2v) is 2.01. The van der Waals surface area contributed by atoms with Crippen LogP contribution < -0.4 is 0 Å². The molecule has 1 atom stereocenters. The van der Waals surface area contributed by atoms with E-state index in [2.05, 4.69) is 0 Å². The fraction of sp³-hybridized carbons (Fsp3) is 0.833. The average Bonchev–Trinajstić information content (AvgIpc) is 1.67. The third-order valence-corrected chi connectivity index (χ3v) is 1.12. The van der Waals surface area contributed by atoms with Gasteiger partial charge in [-0.2, -0.15) is 0 Å². The summed E-state index contributed by atoms with van der Waals surface area (Å²) in [5.41, 5.74) is 0. The third kappa shape index (κ3) is 2.61. The van der Waals surface area contributed by atoms with E-state index >= 15 is 0 Å². The van der Waals surface area contributed by atoms with Gasteiger partial charge in [0.05, 0.1) is 5.92 Å². The minimum Gasteiger partial charge on any atom is -0.247 e. The first-order valence-electron chi connectivity index (χ1n) is 2.89. The molecule has 0 fully saturated rings. The molecule has 0 heterocycles. The number of hydrogen-bond donors (Lipinski definition) is 0. The largest absolute Gasteiger partial charge is 0.358 e. The summed E-state index contributed by atoms with van der Waals surface area (Å²) in [7, 11) is 0. The molecule has 0 aliphatic heterocycles. The van der Waals surface area contributed by atoms with Crippen molar-refractivity contribution in [2.45, 2.75) is 26.7 Å². The van der Waals surface area contributed by atoms with E-state index in [-0.39, 0.29) is 5.92 Å². The Bertz CT molecular complexity index is 78.6. The number of rotatable bonds is 3. The van der Waals surface area contributed by atoms with Crippen LogP contribution in [0.5, 0.6) is 0 Å². The lowest BCUT2D eigenvalue weighted by Crippen LogP contribution is -2.06. The fourth-order valence-electron chi connectivity index (χ4n) is 0.551. The summed E-state index contributed by atoms with van der Waals surface area (Å²) in [6.07, 6.45) is 1.64. The zero-order chi connectivity index (χ0) is 6.57. The topological polar surface area (TPSA) is 37.0 Å². The lowest BCUT2D eigenvalue weighted by atomic mass is 10.1. The molecule has 0 bridgehead atoms. The molecule has 0 spiro atoms. The van der Waals surface area contributed by atoms with Gasteiger partial charge in [0, 0.05) is 0 Å². The van der Waals surface area contributed by atoms with Gasteiger partial charge >= 0.3 is 5.97 Å². The van der Waals surface area contributed by atoms with E-state index in [0.717, 1.165) is 12.8 Å². The predicted molar refractivity (Wildman–Crippen MR) is 29.8 cm³/mol. The summed E-state index contributed by atoms with van der Waals surface area (Å²) in [5, 5.41) is 9.98. The molecule has 0 N–H and O–H groups in total. The van der Waals surface area contributed by atoms with Crippen molar-refractivity contribution in [3.8, 4) is 0 Å². The monoisotopic (exact) mass is 115 g/mol. The summed E-state index contributed by atoms with van der Waals surface area (Å²) >= 11 is 0. The van der Waals surface area contributed by atoms with Gasteiger partial charge in [-0.15, -0.1) is 0 Å². The summed E-state index contributed by atoms with van der Waals surface area (Å²) in [6, 6.07) is 0. The first-order valence-corrected chi connectivity index (χ1v) is 2.89. The number of carbonyl (C=O) groups is 1. The van der Waals surface area contributed by atoms with E-state index in [4.69, 9.17) is 0 Å².